The first-order chi connectivity index (χ1) is 13.3. The number of hydrogen-bond acceptors (Lipinski definition) is 1. The van der Waals surface area contributed by atoms with Crippen LogP contribution in [-0.2, 0) is 0 Å². The van der Waals surface area contributed by atoms with Gasteiger partial charge < -0.3 is 5.32 Å². The van der Waals surface area contributed by atoms with Crippen molar-refractivity contribution in [3.8, 4) is 0 Å². The standard InChI is InChI=1S/C25H22BN/c1-20-9-8-12-23(19-20)26(21-10-4-2-5-11-21)22-15-17-25(18-16-22)27-24-13-6-3-7-14-24/h2-19,27H,1H3. The van der Waals surface area contributed by atoms with Crippen LogP contribution in [-0.4, -0.2) is 6.71 Å². The molecule has 2 heteroatoms. The molecule has 0 spiro atoms. The number of para-hydroxylation sites is 1. The van der Waals surface area contributed by atoms with Crippen molar-refractivity contribution in [3.63, 3.8) is 0 Å². The number of hydrogen-bond donors (Lipinski definition) is 1. The van der Waals surface area contributed by atoms with Crippen molar-refractivity contribution in [1.82, 2.24) is 0 Å². The minimum atomic E-state index is 0.233. The fourth-order valence-corrected chi connectivity index (χ4v) is 3.52. The first-order valence-corrected chi connectivity index (χ1v) is 9.33. The molecule has 0 saturated carbocycles. The van der Waals surface area contributed by atoms with E-state index in [4.69, 9.17) is 0 Å². The number of aryl methyl sites for hydroxylation is 1. The van der Waals surface area contributed by atoms with E-state index in [1.54, 1.807) is 0 Å². The van der Waals surface area contributed by atoms with Crippen LogP contribution < -0.4 is 21.7 Å². The molecule has 0 saturated heterocycles. The first-order valence-electron chi connectivity index (χ1n) is 9.33. The van der Waals surface area contributed by atoms with Crippen LogP contribution in [0.3, 0.4) is 0 Å². The zero-order chi connectivity index (χ0) is 18.5. The largest absolute Gasteiger partial charge is 0.356 e. The van der Waals surface area contributed by atoms with Crippen molar-refractivity contribution in [2.45, 2.75) is 6.92 Å². The first kappa shape index (κ1) is 17.2. The van der Waals surface area contributed by atoms with Crippen molar-refractivity contribution < 1.29 is 0 Å². The Balaban J connectivity index is 1.68. The Morgan fingerprint density at radius 3 is 1.74 bits per heavy atom. The number of nitrogens with one attached hydrogen (secondary N) is 1. The molecule has 0 atom stereocenters. The van der Waals surface area contributed by atoms with Gasteiger partial charge in [-0.25, -0.2) is 0 Å². The van der Waals surface area contributed by atoms with Gasteiger partial charge in [0.1, 0.15) is 0 Å². The van der Waals surface area contributed by atoms with Crippen molar-refractivity contribution in [2.24, 2.45) is 0 Å². The van der Waals surface area contributed by atoms with Crippen LogP contribution in [0.1, 0.15) is 5.56 Å². The van der Waals surface area contributed by atoms with Gasteiger partial charge >= 0.3 is 0 Å². The van der Waals surface area contributed by atoms with Gasteiger partial charge in [0.05, 0.1) is 0 Å². The van der Waals surface area contributed by atoms with Crippen LogP contribution in [0.25, 0.3) is 0 Å². The van der Waals surface area contributed by atoms with Crippen LogP contribution in [0.5, 0.6) is 0 Å². The minimum Gasteiger partial charge on any atom is -0.356 e. The fourth-order valence-electron chi connectivity index (χ4n) is 3.52. The van der Waals surface area contributed by atoms with E-state index in [1.165, 1.54) is 22.0 Å². The lowest BCUT2D eigenvalue weighted by atomic mass is 9.37. The van der Waals surface area contributed by atoms with Crippen molar-refractivity contribution in [1.29, 1.82) is 0 Å². The highest BCUT2D eigenvalue weighted by atomic mass is 14.9. The molecule has 0 heterocycles. The average molecular weight is 347 g/mol. The minimum absolute atomic E-state index is 0.233. The fraction of sp³-hybridized carbons (Fsp3) is 0.0400. The summed E-state index contributed by atoms with van der Waals surface area (Å²) in [5, 5.41) is 3.46. The van der Waals surface area contributed by atoms with Gasteiger partial charge in [-0.2, -0.15) is 0 Å². The third kappa shape index (κ3) is 4.12. The number of benzene rings is 4. The molecule has 27 heavy (non-hydrogen) atoms. The van der Waals surface area contributed by atoms with Gasteiger partial charge in [0.25, 0.3) is 0 Å². The normalized spacial score (nSPS) is 10.4. The van der Waals surface area contributed by atoms with E-state index in [0.29, 0.717) is 0 Å². The summed E-state index contributed by atoms with van der Waals surface area (Å²) in [6.07, 6.45) is 0. The Morgan fingerprint density at radius 1 is 0.519 bits per heavy atom. The summed E-state index contributed by atoms with van der Waals surface area (Å²) >= 11 is 0. The summed E-state index contributed by atoms with van der Waals surface area (Å²) in [5.41, 5.74) is 7.42. The van der Waals surface area contributed by atoms with Crippen LogP contribution in [0.4, 0.5) is 11.4 Å². The average Bonchev–Trinajstić information content (AvgIpc) is 2.71. The molecule has 0 aliphatic heterocycles. The summed E-state index contributed by atoms with van der Waals surface area (Å²) in [6.45, 7) is 2.38. The highest BCUT2D eigenvalue weighted by Gasteiger charge is 2.21. The molecule has 0 bridgehead atoms. The molecule has 4 aromatic carbocycles. The zero-order valence-corrected chi connectivity index (χ0v) is 15.5. The molecule has 1 nitrogen and oxygen atoms in total. The maximum atomic E-state index is 3.46. The molecule has 0 unspecified atom stereocenters. The van der Waals surface area contributed by atoms with Gasteiger partial charge in [-0.1, -0.05) is 107 Å². The van der Waals surface area contributed by atoms with Gasteiger partial charge in [-0.05, 0) is 31.2 Å². The summed E-state index contributed by atoms with van der Waals surface area (Å²) in [7, 11) is 0. The molecule has 0 radical (unpaired) electrons. The van der Waals surface area contributed by atoms with E-state index >= 15 is 0 Å². The van der Waals surface area contributed by atoms with E-state index in [9.17, 15) is 0 Å². The molecule has 0 aliphatic carbocycles. The molecular weight excluding hydrogens is 325 g/mol. The second-order valence-corrected chi connectivity index (χ2v) is 6.87. The van der Waals surface area contributed by atoms with E-state index in [-0.39, 0.29) is 6.71 Å². The van der Waals surface area contributed by atoms with Gasteiger partial charge in [0.15, 0.2) is 0 Å². The topological polar surface area (TPSA) is 12.0 Å². The Labute approximate surface area is 161 Å². The lowest BCUT2D eigenvalue weighted by molar-refractivity contribution is 1.49. The maximum Gasteiger partial charge on any atom is 0.241 e. The summed E-state index contributed by atoms with van der Waals surface area (Å²) in [5.74, 6) is 0. The Hall–Kier alpha value is -3.26. The van der Waals surface area contributed by atoms with Crippen molar-refractivity contribution >= 4 is 34.5 Å². The molecule has 0 fully saturated rings. The predicted octanol–water partition coefficient (Wildman–Crippen LogP) is 4.25. The summed E-state index contributed by atoms with van der Waals surface area (Å²) in [6, 6.07) is 38.6. The van der Waals surface area contributed by atoms with E-state index in [0.717, 1.165) is 11.4 Å². The molecule has 1 N–H and O–H groups in total. The lowest BCUT2D eigenvalue weighted by Gasteiger charge is -2.17. The van der Waals surface area contributed by atoms with Crippen LogP contribution in [0.15, 0.2) is 109 Å². The molecule has 130 valence electrons. The Morgan fingerprint density at radius 2 is 1.07 bits per heavy atom. The quantitative estimate of drug-likeness (QED) is 0.532. The highest BCUT2D eigenvalue weighted by Crippen LogP contribution is 2.14. The summed E-state index contributed by atoms with van der Waals surface area (Å²) < 4.78 is 0. The second-order valence-electron chi connectivity index (χ2n) is 6.87. The van der Waals surface area contributed by atoms with E-state index in [1.807, 2.05) is 18.2 Å². The third-order valence-corrected chi connectivity index (χ3v) is 4.81. The number of anilines is 2. The second kappa shape index (κ2) is 7.97. The lowest BCUT2D eigenvalue weighted by Crippen LogP contribution is -2.51. The van der Waals surface area contributed by atoms with Gasteiger partial charge in [-0.15, -0.1) is 0 Å². The van der Waals surface area contributed by atoms with Crippen LogP contribution >= 0.6 is 0 Å². The molecule has 0 amide bonds. The molecule has 4 rings (SSSR count). The van der Waals surface area contributed by atoms with Gasteiger partial charge in [0.2, 0.25) is 6.71 Å². The van der Waals surface area contributed by atoms with E-state index in [2.05, 4.69) is 103 Å². The van der Waals surface area contributed by atoms with Gasteiger partial charge in [-0.3, -0.25) is 0 Å². The van der Waals surface area contributed by atoms with Crippen LogP contribution in [0.2, 0.25) is 0 Å². The predicted molar refractivity (Wildman–Crippen MR) is 118 cm³/mol. The highest BCUT2D eigenvalue weighted by molar-refractivity contribution is 6.95. The zero-order valence-electron chi connectivity index (χ0n) is 15.5. The monoisotopic (exact) mass is 347 g/mol. The Bertz CT molecular complexity index is 995. The third-order valence-electron chi connectivity index (χ3n) is 4.81. The molecule has 0 aliphatic rings. The SMILES string of the molecule is Cc1cccc(B(c2ccccc2)c2ccc(Nc3ccccc3)cc2)c1. The molecular formula is C25H22BN. The van der Waals surface area contributed by atoms with Crippen molar-refractivity contribution in [2.75, 3.05) is 5.32 Å². The number of rotatable bonds is 5. The van der Waals surface area contributed by atoms with E-state index < -0.39 is 0 Å². The Kier molecular flexibility index (Phi) is 5.07. The van der Waals surface area contributed by atoms with Gasteiger partial charge in [0, 0.05) is 11.4 Å². The smallest absolute Gasteiger partial charge is 0.241 e. The molecule has 0 aromatic heterocycles. The summed E-state index contributed by atoms with van der Waals surface area (Å²) in [4.78, 5) is 0. The van der Waals surface area contributed by atoms with Crippen LogP contribution in [0, 0.1) is 6.92 Å². The van der Waals surface area contributed by atoms with Crippen molar-refractivity contribution in [3.05, 3.63) is 115 Å². The maximum absolute atomic E-state index is 3.46. The molecule has 4 aromatic rings.